The van der Waals surface area contributed by atoms with Gasteiger partial charge < -0.3 is 0 Å². The second-order valence-electron chi connectivity index (χ2n) is 17.7. The van der Waals surface area contributed by atoms with Crippen LogP contribution in [-0.2, 0) is 5.41 Å². The molecule has 0 spiro atoms. The van der Waals surface area contributed by atoms with Crippen LogP contribution in [-0.4, -0.2) is 9.97 Å². The van der Waals surface area contributed by atoms with Crippen LogP contribution in [0.25, 0.3) is 111 Å². The number of hydrogen-bond acceptors (Lipinski definition) is 2. The smallest absolute Gasteiger partial charge is 0.160 e. The zero-order valence-electron chi connectivity index (χ0n) is 36.3. The number of benzene rings is 10. The summed E-state index contributed by atoms with van der Waals surface area (Å²) in [7, 11) is 0. The van der Waals surface area contributed by atoms with Gasteiger partial charge in [-0.05, 0) is 107 Å². The Morgan fingerprint density at radius 1 is 0.292 bits per heavy atom. The van der Waals surface area contributed by atoms with Crippen LogP contribution in [0.1, 0.15) is 25.0 Å². The predicted molar refractivity (Wildman–Crippen MR) is 273 cm³/mol. The summed E-state index contributed by atoms with van der Waals surface area (Å²) in [6.07, 6.45) is 0. The fourth-order valence-electron chi connectivity index (χ4n) is 10.3. The molecule has 0 amide bonds. The van der Waals surface area contributed by atoms with Crippen molar-refractivity contribution in [2.45, 2.75) is 19.3 Å². The molecule has 2 nitrogen and oxygen atoms in total. The van der Waals surface area contributed by atoms with Crippen LogP contribution >= 0.6 is 0 Å². The molecule has 0 saturated carbocycles. The van der Waals surface area contributed by atoms with Crippen molar-refractivity contribution in [2.75, 3.05) is 0 Å². The highest BCUT2D eigenvalue weighted by atomic mass is 14.9. The largest absolute Gasteiger partial charge is 0.228 e. The number of hydrogen-bond donors (Lipinski definition) is 0. The van der Waals surface area contributed by atoms with Crippen molar-refractivity contribution < 1.29 is 0 Å². The highest BCUT2D eigenvalue weighted by molar-refractivity contribution is 6.08. The fraction of sp³-hybridized carbons (Fsp3) is 0.0476. The second kappa shape index (κ2) is 15.6. The van der Waals surface area contributed by atoms with E-state index in [0.29, 0.717) is 5.82 Å². The molecule has 0 atom stereocenters. The summed E-state index contributed by atoms with van der Waals surface area (Å²) in [5.41, 5.74) is 19.7. The Hall–Kier alpha value is -8.20. The first kappa shape index (κ1) is 38.5. The van der Waals surface area contributed by atoms with Crippen LogP contribution in [0, 0.1) is 0 Å². The number of rotatable bonds is 7. The molecule has 1 aromatic heterocycles. The second-order valence-corrected chi connectivity index (χ2v) is 17.7. The molecule has 306 valence electrons. The van der Waals surface area contributed by atoms with Crippen LogP contribution in [0.4, 0.5) is 0 Å². The molecule has 2 heteroatoms. The Labute approximate surface area is 380 Å². The first-order valence-corrected chi connectivity index (χ1v) is 22.5. The van der Waals surface area contributed by atoms with Crippen LogP contribution in [0.15, 0.2) is 231 Å². The molecule has 0 unspecified atom stereocenters. The quantitative estimate of drug-likeness (QED) is 0.160. The van der Waals surface area contributed by atoms with Gasteiger partial charge >= 0.3 is 0 Å². The van der Waals surface area contributed by atoms with Crippen LogP contribution in [0.5, 0.6) is 0 Å². The van der Waals surface area contributed by atoms with E-state index in [1.165, 1.54) is 71.8 Å². The van der Waals surface area contributed by atoms with E-state index in [1.54, 1.807) is 0 Å². The zero-order chi connectivity index (χ0) is 43.5. The third kappa shape index (κ3) is 6.57. The van der Waals surface area contributed by atoms with Crippen molar-refractivity contribution in [3.05, 3.63) is 242 Å². The molecule has 11 aromatic rings. The molecule has 0 aliphatic heterocycles. The molecule has 0 radical (unpaired) electrons. The van der Waals surface area contributed by atoms with E-state index in [-0.39, 0.29) is 5.41 Å². The minimum absolute atomic E-state index is 0.128. The standard InChI is InChI=1S/C63H44N2/c1-63(2)57-31-17-30-55(61(57)56-38-45-22-9-10-23-46(45)39-58(56)63)51-28-15-13-26-49(51)52-36-37-54(50-27-14-12-25-48(50)52)60-40-59(64-62(65-60)44-20-7-4-8-21-44)53-29-16-11-24-47(53)43-34-32-42(33-35-43)41-18-5-3-6-19-41/h3-40H,1-2H3. The van der Waals surface area contributed by atoms with E-state index < -0.39 is 0 Å². The highest BCUT2D eigenvalue weighted by Crippen LogP contribution is 2.54. The van der Waals surface area contributed by atoms with Crippen molar-refractivity contribution in [2.24, 2.45) is 0 Å². The van der Waals surface area contributed by atoms with Crippen molar-refractivity contribution >= 4 is 21.5 Å². The summed E-state index contributed by atoms with van der Waals surface area (Å²) in [5.74, 6) is 0.694. The number of aromatic nitrogens is 2. The Morgan fingerprint density at radius 2 is 0.785 bits per heavy atom. The van der Waals surface area contributed by atoms with Gasteiger partial charge in [-0.1, -0.05) is 226 Å². The molecule has 1 aliphatic rings. The van der Waals surface area contributed by atoms with E-state index in [1.807, 2.05) is 6.07 Å². The highest BCUT2D eigenvalue weighted by Gasteiger charge is 2.37. The molecule has 10 aromatic carbocycles. The van der Waals surface area contributed by atoms with Gasteiger partial charge in [0.2, 0.25) is 0 Å². The van der Waals surface area contributed by atoms with Gasteiger partial charge in [0.1, 0.15) is 0 Å². The van der Waals surface area contributed by atoms with E-state index in [4.69, 9.17) is 9.97 Å². The molecular formula is C63H44N2. The molecule has 0 N–H and O–H groups in total. The van der Waals surface area contributed by atoms with Gasteiger partial charge in [0.25, 0.3) is 0 Å². The maximum Gasteiger partial charge on any atom is 0.160 e. The average Bonchev–Trinajstić information content (AvgIpc) is 3.60. The van der Waals surface area contributed by atoms with Crippen molar-refractivity contribution in [1.29, 1.82) is 0 Å². The molecule has 0 bridgehead atoms. The maximum absolute atomic E-state index is 5.35. The molecule has 1 aliphatic carbocycles. The van der Waals surface area contributed by atoms with Gasteiger partial charge in [-0.15, -0.1) is 0 Å². The van der Waals surface area contributed by atoms with Gasteiger partial charge in [-0.25, -0.2) is 9.97 Å². The lowest BCUT2D eigenvalue weighted by atomic mass is 9.81. The lowest BCUT2D eigenvalue weighted by Crippen LogP contribution is -2.14. The lowest BCUT2D eigenvalue weighted by molar-refractivity contribution is 0.661. The van der Waals surface area contributed by atoms with Crippen LogP contribution in [0.3, 0.4) is 0 Å². The summed E-state index contributed by atoms with van der Waals surface area (Å²) in [6, 6.07) is 83.3. The minimum atomic E-state index is -0.128. The van der Waals surface area contributed by atoms with Crippen LogP contribution < -0.4 is 0 Å². The number of fused-ring (bicyclic) bond motifs is 5. The fourth-order valence-corrected chi connectivity index (χ4v) is 10.3. The Bertz CT molecular complexity index is 3600. The third-order valence-corrected chi connectivity index (χ3v) is 13.5. The summed E-state index contributed by atoms with van der Waals surface area (Å²) in [4.78, 5) is 10.7. The van der Waals surface area contributed by atoms with E-state index in [2.05, 4.69) is 238 Å². The van der Waals surface area contributed by atoms with Crippen molar-refractivity contribution in [3.8, 4) is 89.5 Å². The van der Waals surface area contributed by atoms with Gasteiger partial charge in [0, 0.05) is 22.1 Å². The maximum atomic E-state index is 5.35. The van der Waals surface area contributed by atoms with Crippen LogP contribution in [0.2, 0.25) is 0 Å². The van der Waals surface area contributed by atoms with E-state index in [9.17, 15) is 0 Å². The normalized spacial score (nSPS) is 12.6. The van der Waals surface area contributed by atoms with Gasteiger partial charge in [-0.3, -0.25) is 0 Å². The summed E-state index contributed by atoms with van der Waals surface area (Å²) < 4.78 is 0. The Kier molecular flexibility index (Phi) is 9.21. The topological polar surface area (TPSA) is 25.8 Å². The Balaban J connectivity index is 1.01. The summed E-state index contributed by atoms with van der Waals surface area (Å²) in [5, 5.41) is 4.87. The molecule has 0 fully saturated rings. The van der Waals surface area contributed by atoms with E-state index >= 15 is 0 Å². The molecule has 65 heavy (non-hydrogen) atoms. The molecule has 0 saturated heterocycles. The zero-order valence-corrected chi connectivity index (χ0v) is 36.3. The van der Waals surface area contributed by atoms with Crippen molar-refractivity contribution in [3.63, 3.8) is 0 Å². The average molecular weight is 829 g/mol. The lowest BCUT2D eigenvalue weighted by Gasteiger charge is -2.22. The van der Waals surface area contributed by atoms with E-state index in [0.717, 1.165) is 44.6 Å². The van der Waals surface area contributed by atoms with Gasteiger partial charge in [0.05, 0.1) is 11.4 Å². The first-order chi connectivity index (χ1) is 32.0. The SMILES string of the molecule is CC1(C)c2cc3ccccc3cc2-c2c(-c3ccccc3-c3ccc(-c4cc(-c5ccccc5-c5ccc(-c6ccccc6)cc5)nc(-c5ccccc5)n4)c4ccccc34)cccc21. The molecule has 12 rings (SSSR count). The van der Waals surface area contributed by atoms with Crippen molar-refractivity contribution in [1.82, 2.24) is 9.97 Å². The minimum Gasteiger partial charge on any atom is -0.228 e. The summed E-state index contributed by atoms with van der Waals surface area (Å²) in [6.45, 7) is 4.75. The van der Waals surface area contributed by atoms with Gasteiger partial charge in [0.15, 0.2) is 5.82 Å². The first-order valence-electron chi connectivity index (χ1n) is 22.5. The Morgan fingerprint density at radius 3 is 1.49 bits per heavy atom. The van der Waals surface area contributed by atoms with Gasteiger partial charge in [-0.2, -0.15) is 0 Å². The summed E-state index contributed by atoms with van der Waals surface area (Å²) >= 11 is 0. The number of nitrogens with zero attached hydrogens (tertiary/aromatic N) is 2. The molecule has 1 heterocycles. The molecular weight excluding hydrogens is 785 g/mol. The monoisotopic (exact) mass is 828 g/mol. The predicted octanol–water partition coefficient (Wildman–Crippen LogP) is 16.8. The third-order valence-electron chi connectivity index (χ3n) is 13.5.